The molecule has 0 atom stereocenters. The second-order valence-corrected chi connectivity index (χ2v) is 4.51. The first-order chi connectivity index (χ1) is 8.24. The first-order valence-corrected chi connectivity index (χ1v) is 6.97. The van der Waals surface area contributed by atoms with Gasteiger partial charge in [-0.25, -0.2) is 0 Å². The number of ether oxygens (including phenoxy) is 2. The summed E-state index contributed by atoms with van der Waals surface area (Å²) in [6, 6.07) is 4.05. The lowest BCUT2D eigenvalue weighted by atomic mass is 10.1. The maximum Gasteiger partial charge on any atom is 0.164 e. The van der Waals surface area contributed by atoms with Crippen LogP contribution in [-0.2, 0) is 6.42 Å². The maximum absolute atomic E-state index is 5.73. The minimum Gasteiger partial charge on any atom is -0.490 e. The third-order valence-corrected chi connectivity index (χ3v) is 3.01. The molecule has 0 spiro atoms. The predicted octanol–water partition coefficient (Wildman–Crippen LogP) is 2.45. The molecule has 0 saturated heterocycles. The van der Waals surface area contributed by atoms with Crippen molar-refractivity contribution in [2.75, 3.05) is 19.1 Å². The zero-order valence-electron chi connectivity index (χ0n) is 10.4. The molecule has 93 valence electrons. The summed E-state index contributed by atoms with van der Waals surface area (Å²) in [4.78, 5) is 0. The third-order valence-electron chi connectivity index (χ3n) is 2.35. The molecule has 17 heavy (non-hydrogen) atoms. The molecule has 1 aromatic rings. The van der Waals surface area contributed by atoms with Crippen molar-refractivity contribution in [2.24, 2.45) is 0 Å². The van der Waals surface area contributed by atoms with Gasteiger partial charge in [0.1, 0.15) is 0 Å². The molecule has 4 heteroatoms. The molecule has 0 N–H and O–H groups in total. The Labute approximate surface area is 112 Å². The van der Waals surface area contributed by atoms with Gasteiger partial charge in [-0.3, -0.25) is 0 Å². The largest absolute Gasteiger partial charge is 0.490 e. The maximum atomic E-state index is 5.73. The molecule has 0 aromatic heterocycles. The molecule has 0 bridgehead atoms. The fourth-order valence-electron chi connectivity index (χ4n) is 1.65. The van der Waals surface area contributed by atoms with Gasteiger partial charge in [0.25, 0.3) is 0 Å². The van der Waals surface area contributed by atoms with Gasteiger partial charge in [0.15, 0.2) is 11.5 Å². The SMILES string of the molecule is CCOc1c([Si])ccc(CCCCl)c1OCC. The van der Waals surface area contributed by atoms with Crippen LogP contribution in [0.3, 0.4) is 0 Å². The summed E-state index contributed by atoms with van der Waals surface area (Å²) < 4.78 is 11.3. The summed E-state index contributed by atoms with van der Waals surface area (Å²) in [5.74, 6) is 2.29. The topological polar surface area (TPSA) is 18.5 Å². The number of halogens is 1. The van der Waals surface area contributed by atoms with E-state index in [4.69, 9.17) is 21.1 Å². The van der Waals surface area contributed by atoms with E-state index in [0.29, 0.717) is 19.1 Å². The standard InChI is InChI=1S/C13H18ClO2Si/c1-3-15-12-10(6-5-9-14)7-8-11(17)13(12)16-4-2/h7-8H,3-6,9H2,1-2H3. The molecule has 0 unspecified atom stereocenters. The lowest BCUT2D eigenvalue weighted by Gasteiger charge is -2.17. The van der Waals surface area contributed by atoms with Crippen LogP contribution >= 0.6 is 11.6 Å². The van der Waals surface area contributed by atoms with E-state index in [-0.39, 0.29) is 0 Å². The zero-order valence-corrected chi connectivity index (χ0v) is 12.1. The Hall–Kier alpha value is -0.673. The van der Waals surface area contributed by atoms with Gasteiger partial charge in [-0.05, 0) is 37.4 Å². The lowest BCUT2D eigenvalue weighted by Crippen LogP contribution is -2.13. The molecular formula is C13H18ClO2Si. The normalized spacial score (nSPS) is 10.4. The van der Waals surface area contributed by atoms with Gasteiger partial charge in [-0.2, -0.15) is 0 Å². The Morgan fingerprint density at radius 1 is 1.12 bits per heavy atom. The monoisotopic (exact) mass is 269 g/mol. The Bertz CT molecular complexity index is 356. The van der Waals surface area contributed by atoms with Crippen LogP contribution < -0.4 is 14.7 Å². The van der Waals surface area contributed by atoms with Crippen LogP contribution in [0.1, 0.15) is 25.8 Å². The Kier molecular flexibility index (Phi) is 6.44. The molecular weight excluding hydrogens is 252 g/mol. The van der Waals surface area contributed by atoms with Crippen molar-refractivity contribution in [1.29, 1.82) is 0 Å². The molecule has 0 fully saturated rings. The summed E-state index contributed by atoms with van der Waals surface area (Å²) in [6.07, 6.45) is 1.85. The van der Waals surface area contributed by atoms with Crippen molar-refractivity contribution >= 4 is 27.0 Å². The van der Waals surface area contributed by atoms with Gasteiger partial charge in [-0.15, -0.1) is 11.6 Å². The molecule has 0 aliphatic rings. The van der Waals surface area contributed by atoms with E-state index in [9.17, 15) is 0 Å². The second-order valence-electron chi connectivity index (χ2n) is 3.59. The molecule has 2 nitrogen and oxygen atoms in total. The van der Waals surface area contributed by atoms with Crippen LogP contribution in [-0.4, -0.2) is 29.3 Å². The lowest BCUT2D eigenvalue weighted by molar-refractivity contribution is 0.287. The number of rotatable bonds is 7. The van der Waals surface area contributed by atoms with Crippen LogP contribution in [0.4, 0.5) is 0 Å². The van der Waals surface area contributed by atoms with E-state index in [1.807, 2.05) is 19.9 Å². The highest BCUT2D eigenvalue weighted by Gasteiger charge is 2.13. The number of benzene rings is 1. The Morgan fingerprint density at radius 2 is 1.76 bits per heavy atom. The fourth-order valence-corrected chi connectivity index (χ4v) is 2.05. The Morgan fingerprint density at radius 3 is 2.35 bits per heavy atom. The van der Waals surface area contributed by atoms with Gasteiger partial charge < -0.3 is 9.47 Å². The highest BCUT2D eigenvalue weighted by Crippen LogP contribution is 2.30. The second kappa shape index (κ2) is 7.61. The average Bonchev–Trinajstić information content (AvgIpc) is 2.33. The van der Waals surface area contributed by atoms with Gasteiger partial charge in [-0.1, -0.05) is 12.1 Å². The van der Waals surface area contributed by atoms with E-state index in [2.05, 4.69) is 16.3 Å². The molecule has 1 aromatic carbocycles. The number of hydrogen-bond donors (Lipinski definition) is 0. The van der Waals surface area contributed by atoms with Crippen molar-refractivity contribution in [3.8, 4) is 11.5 Å². The summed E-state index contributed by atoms with van der Waals surface area (Å²) in [5.41, 5.74) is 1.15. The van der Waals surface area contributed by atoms with E-state index in [0.717, 1.165) is 35.1 Å². The van der Waals surface area contributed by atoms with E-state index < -0.39 is 0 Å². The summed E-state index contributed by atoms with van der Waals surface area (Å²) in [7, 11) is 3.54. The first-order valence-electron chi connectivity index (χ1n) is 5.93. The zero-order chi connectivity index (χ0) is 12.7. The van der Waals surface area contributed by atoms with Gasteiger partial charge in [0, 0.05) is 5.88 Å². The van der Waals surface area contributed by atoms with Gasteiger partial charge in [0.2, 0.25) is 0 Å². The average molecular weight is 270 g/mol. The van der Waals surface area contributed by atoms with Crippen molar-refractivity contribution in [1.82, 2.24) is 0 Å². The van der Waals surface area contributed by atoms with Crippen LogP contribution in [0.2, 0.25) is 0 Å². The highest BCUT2D eigenvalue weighted by molar-refractivity contribution is 6.34. The van der Waals surface area contributed by atoms with Crippen molar-refractivity contribution in [3.63, 3.8) is 0 Å². The van der Waals surface area contributed by atoms with Crippen molar-refractivity contribution in [3.05, 3.63) is 17.7 Å². The van der Waals surface area contributed by atoms with Crippen molar-refractivity contribution < 1.29 is 9.47 Å². The van der Waals surface area contributed by atoms with E-state index in [1.54, 1.807) is 0 Å². The molecule has 0 aliphatic heterocycles. The third kappa shape index (κ3) is 3.93. The minimum absolute atomic E-state index is 0.622. The molecule has 0 heterocycles. The molecule has 1 rings (SSSR count). The number of aryl methyl sites for hydroxylation is 1. The Balaban J connectivity index is 3.06. The summed E-state index contributed by atoms with van der Waals surface area (Å²) >= 11 is 5.73. The van der Waals surface area contributed by atoms with Crippen LogP contribution in [0.15, 0.2) is 12.1 Å². The number of hydrogen-bond acceptors (Lipinski definition) is 2. The van der Waals surface area contributed by atoms with Crippen molar-refractivity contribution in [2.45, 2.75) is 26.7 Å². The summed E-state index contributed by atoms with van der Waals surface area (Å²) in [6.45, 7) is 5.19. The van der Waals surface area contributed by atoms with Gasteiger partial charge in [0.05, 0.1) is 23.5 Å². The van der Waals surface area contributed by atoms with Crippen LogP contribution in [0.5, 0.6) is 11.5 Å². The molecule has 0 saturated carbocycles. The van der Waals surface area contributed by atoms with Gasteiger partial charge >= 0.3 is 0 Å². The quantitative estimate of drug-likeness (QED) is 0.559. The number of alkyl halides is 1. The minimum atomic E-state index is 0.622. The van der Waals surface area contributed by atoms with E-state index in [1.165, 1.54) is 0 Å². The van der Waals surface area contributed by atoms with Crippen LogP contribution in [0, 0.1) is 0 Å². The molecule has 0 aliphatic carbocycles. The van der Waals surface area contributed by atoms with Crippen LogP contribution in [0.25, 0.3) is 0 Å². The fraction of sp³-hybridized carbons (Fsp3) is 0.538. The summed E-state index contributed by atoms with van der Waals surface area (Å²) in [5, 5.41) is 0.921. The molecule has 3 radical (unpaired) electrons. The highest BCUT2D eigenvalue weighted by atomic mass is 35.5. The smallest absolute Gasteiger partial charge is 0.164 e. The molecule has 0 amide bonds. The first kappa shape index (κ1) is 14.4. The predicted molar refractivity (Wildman–Crippen MR) is 73.2 cm³/mol. The van der Waals surface area contributed by atoms with E-state index >= 15 is 0 Å².